The molecular formula is C25H17N5OS. The number of nitrogens with zero attached hydrogens (tertiary/aromatic N) is 4. The van der Waals surface area contributed by atoms with Gasteiger partial charge in [-0.2, -0.15) is 5.10 Å². The minimum absolute atomic E-state index is 0.0830. The van der Waals surface area contributed by atoms with Gasteiger partial charge >= 0.3 is 0 Å². The highest BCUT2D eigenvalue weighted by Gasteiger charge is 2.61. The zero-order chi connectivity index (χ0) is 21.4. The lowest BCUT2D eigenvalue weighted by atomic mass is 9.80. The smallest absolute Gasteiger partial charge is 0.260 e. The van der Waals surface area contributed by atoms with E-state index in [2.05, 4.69) is 22.3 Å². The van der Waals surface area contributed by atoms with Gasteiger partial charge in [-0.05, 0) is 49.0 Å². The van der Waals surface area contributed by atoms with Gasteiger partial charge in [0, 0.05) is 16.1 Å². The first-order valence-electron chi connectivity index (χ1n) is 10.4. The number of hydrogen-bond acceptors (Lipinski definition) is 5. The van der Waals surface area contributed by atoms with Gasteiger partial charge < -0.3 is 5.32 Å². The van der Waals surface area contributed by atoms with Gasteiger partial charge in [-0.25, -0.2) is 9.67 Å². The maximum Gasteiger partial charge on any atom is 0.260 e. The molecular weight excluding hydrogens is 418 g/mol. The normalized spacial score (nSPS) is 19.8. The molecule has 0 aliphatic carbocycles. The Morgan fingerprint density at radius 1 is 0.938 bits per heavy atom. The summed E-state index contributed by atoms with van der Waals surface area (Å²) in [5.74, 6) is 0.618. The fourth-order valence-electron chi connectivity index (χ4n) is 5.08. The van der Waals surface area contributed by atoms with Crippen molar-refractivity contribution in [2.45, 2.75) is 17.4 Å². The summed E-state index contributed by atoms with van der Waals surface area (Å²) in [5, 5.41) is 8.78. The summed E-state index contributed by atoms with van der Waals surface area (Å²) in [5.41, 5.74) is 4.19. The van der Waals surface area contributed by atoms with Crippen LogP contribution in [0.4, 0.5) is 17.2 Å². The van der Waals surface area contributed by atoms with Crippen LogP contribution in [-0.4, -0.2) is 20.9 Å². The van der Waals surface area contributed by atoms with E-state index in [1.54, 1.807) is 11.8 Å². The number of amides is 1. The average Bonchev–Trinajstić information content (AvgIpc) is 3.45. The lowest BCUT2D eigenvalue weighted by Gasteiger charge is -2.41. The zero-order valence-corrected chi connectivity index (χ0v) is 17.9. The van der Waals surface area contributed by atoms with Gasteiger partial charge in [0.25, 0.3) is 5.91 Å². The Labute approximate surface area is 188 Å². The third-order valence-corrected chi connectivity index (χ3v) is 7.35. The van der Waals surface area contributed by atoms with Crippen LogP contribution in [0.5, 0.6) is 0 Å². The number of hydrogen-bond donors (Lipinski definition) is 1. The number of fused-ring (bicyclic) bond motifs is 8. The number of amidine groups is 1. The van der Waals surface area contributed by atoms with Crippen LogP contribution in [0.15, 0.2) is 88.8 Å². The fourth-order valence-corrected chi connectivity index (χ4v) is 6.14. The first-order chi connectivity index (χ1) is 15.7. The van der Waals surface area contributed by atoms with Crippen molar-refractivity contribution in [2.24, 2.45) is 4.99 Å². The number of carbonyl (C=O) groups excluding carboxylic acids is 1. The quantitative estimate of drug-likeness (QED) is 0.458. The van der Waals surface area contributed by atoms with Crippen molar-refractivity contribution >= 4 is 40.0 Å². The molecule has 4 aromatic rings. The number of aromatic nitrogens is 2. The molecule has 0 unspecified atom stereocenters. The van der Waals surface area contributed by atoms with Crippen molar-refractivity contribution in [3.63, 3.8) is 0 Å². The van der Waals surface area contributed by atoms with Crippen LogP contribution in [0, 0.1) is 6.92 Å². The number of para-hydroxylation sites is 3. The van der Waals surface area contributed by atoms with Crippen LogP contribution in [0.1, 0.15) is 16.8 Å². The SMILES string of the molecule is Cc1nn(-c2ccccc2)c2c1[C@@]1(C(=O)Nc3ccccc31)N1C(=N2)Sc2ccccc21. The summed E-state index contributed by atoms with van der Waals surface area (Å²) in [6, 6.07) is 26.0. The molecule has 0 saturated carbocycles. The summed E-state index contributed by atoms with van der Waals surface area (Å²) in [6.45, 7) is 1.96. The van der Waals surface area contributed by atoms with Gasteiger partial charge in [0.15, 0.2) is 16.5 Å². The molecule has 1 N–H and O–H groups in total. The lowest BCUT2D eigenvalue weighted by Crippen LogP contribution is -2.54. The molecule has 1 aromatic heterocycles. The van der Waals surface area contributed by atoms with E-state index in [1.807, 2.05) is 78.3 Å². The van der Waals surface area contributed by atoms with E-state index < -0.39 is 5.54 Å². The summed E-state index contributed by atoms with van der Waals surface area (Å²) >= 11 is 1.59. The van der Waals surface area contributed by atoms with Crippen LogP contribution in [0.2, 0.25) is 0 Å². The van der Waals surface area contributed by atoms with Gasteiger partial charge in [-0.15, -0.1) is 0 Å². The van der Waals surface area contributed by atoms with E-state index in [-0.39, 0.29) is 5.91 Å². The molecule has 1 atom stereocenters. The molecule has 154 valence electrons. The number of anilines is 2. The highest BCUT2D eigenvalue weighted by Crippen LogP contribution is 2.58. The van der Waals surface area contributed by atoms with Gasteiger partial charge in [-0.3, -0.25) is 9.69 Å². The number of nitrogens with one attached hydrogen (secondary N) is 1. The van der Waals surface area contributed by atoms with E-state index >= 15 is 0 Å². The molecule has 3 aliphatic heterocycles. The standard InChI is InChI=1S/C25H17N5OS/c1-15-21-22(30(28-15)16-9-3-2-4-10-16)27-24-29(19-13-7-8-14-20(19)32-24)25(21)17-11-5-6-12-18(17)26-23(25)31/h2-14H,1H3,(H,26,31)/t25-/m0/s1. The second-order valence-electron chi connectivity index (χ2n) is 8.04. The molecule has 0 bridgehead atoms. The van der Waals surface area contributed by atoms with E-state index in [9.17, 15) is 4.79 Å². The van der Waals surface area contributed by atoms with Gasteiger partial charge in [0.1, 0.15) is 0 Å². The fraction of sp³-hybridized carbons (Fsp3) is 0.0800. The molecule has 7 rings (SSSR count). The van der Waals surface area contributed by atoms with Crippen LogP contribution in [-0.2, 0) is 10.3 Å². The predicted octanol–water partition coefficient (Wildman–Crippen LogP) is 4.99. The Morgan fingerprint density at radius 2 is 1.69 bits per heavy atom. The second kappa shape index (κ2) is 6.11. The second-order valence-corrected chi connectivity index (χ2v) is 9.05. The first-order valence-corrected chi connectivity index (χ1v) is 11.2. The van der Waals surface area contributed by atoms with E-state index in [0.717, 1.165) is 43.9 Å². The topological polar surface area (TPSA) is 62.5 Å². The number of rotatable bonds is 1. The average molecular weight is 436 g/mol. The maximum absolute atomic E-state index is 14.0. The summed E-state index contributed by atoms with van der Waals surface area (Å²) in [4.78, 5) is 22.2. The van der Waals surface area contributed by atoms with Crippen LogP contribution in [0.25, 0.3) is 5.69 Å². The largest absolute Gasteiger partial charge is 0.323 e. The minimum Gasteiger partial charge on any atom is -0.323 e. The first kappa shape index (κ1) is 17.8. The van der Waals surface area contributed by atoms with E-state index in [1.165, 1.54) is 0 Å². The predicted molar refractivity (Wildman–Crippen MR) is 126 cm³/mol. The molecule has 0 fully saturated rings. The molecule has 0 saturated heterocycles. The Morgan fingerprint density at radius 3 is 2.56 bits per heavy atom. The van der Waals surface area contributed by atoms with Crippen molar-refractivity contribution in [3.8, 4) is 5.69 Å². The van der Waals surface area contributed by atoms with Crippen LogP contribution in [0.3, 0.4) is 0 Å². The summed E-state index contributed by atoms with van der Waals surface area (Å²) in [6.07, 6.45) is 0. The Balaban J connectivity index is 1.62. The highest BCUT2D eigenvalue weighted by atomic mass is 32.2. The van der Waals surface area contributed by atoms with Crippen molar-refractivity contribution in [1.82, 2.24) is 9.78 Å². The molecule has 1 amide bonds. The zero-order valence-electron chi connectivity index (χ0n) is 17.1. The van der Waals surface area contributed by atoms with Crippen molar-refractivity contribution < 1.29 is 4.79 Å². The van der Waals surface area contributed by atoms with Crippen molar-refractivity contribution in [1.29, 1.82) is 0 Å². The van der Waals surface area contributed by atoms with E-state index in [0.29, 0.717) is 5.82 Å². The number of benzene rings is 3. The van der Waals surface area contributed by atoms with Gasteiger partial charge in [-0.1, -0.05) is 48.5 Å². The third kappa shape index (κ3) is 2.04. The monoisotopic (exact) mass is 435 g/mol. The Kier molecular flexibility index (Phi) is 3.40. The number of aliphatic imine (C=N–C) groups is 1. The Hall–Kier alpha value is -3.84. The van der Waals surface area contributed by atoms with Crippen LogP contribution >= 0.6 is 11.8 Å². The minimum atomic E-state index is -1.07. The maximum atomic E-state index is 14.0. The highest BCUT2D eigenvalue weighted by molar-refractivity contribution is 8.14. The Bertz CT molecular complexity index is 1470. The van der Waals surface area contributed by atoms with Gasteiger partial charge in [0.2, 0.25) is 0 Å². The van der Waals surface area contributed by atoms with Gasteiger partial charge in [0.05, 0.1) is 22.6 Å². The lowest BCUT2D eigenvalue weighted by molar-refractivity contribution is -0.119. The molecule has 4 heterocycles. The number of carbonyl (C=O) groups is 1. The van der Waals surface area contributed by atoms with Crippen molar-refractivity contribution in [3.05, 3.63) is 95.7 Å². The molecule has 7 heteroatoms. The van der Waals surface area contributed by atoms with Crippen LogP contribution < -0.4 is 10.2 Å². The number of thioether (sulfide) groups is 1. The molecule has 6 nitrogen and oxygen atoms in total. The molecule has 32 heavy (non-hydrogen) atoms. The van der Waals surface area contributed by atoms with Crippen molar-refractivity contribution in [2.75, 3.05) is 10.2 Å². The molecule has 3 aromatic carbocycles. The number of aryl methyl sites for hydroxylation is 1. The molecule has 3 aliphatic rings. The summed E-state index contributed by atoms with van der Waals surface area (Å²) < 4.78 is 1.86. The molecule has 0 radical (unpaired) electrons. The molecule has 1 spiro atoms. The third-order valence-electron chi connectivity index (χ3n) is 6.33. The van der Waals surface area contributed by atoms with E-state index in [4.69, 9.17) is 10.1 Å². The summed E-state index contributed by atoms with van der Waals surface area (Å²) in [7, 11) is 0.